The zero-order valence-corrected chi connectivity index (χ0v) is 10.0. The van der Waals surface area contributed by atoms with Gasteiger partial charge in [-0.25, -0.2) is 4.79 Å². The van der Waals surface area contributed by atoms with Crippen LogP contribution in [0.4, 0.5) is 0 Å². The number of aryl methyl sites for hydroxylation is 2. The lowest BCUT2D eigenvalue weighted by atomic mass is 10.1. The minimum absolute atomic E-state index is 0.365. The van der Waals surface area contributed by atoms with E-state index in [1.165, 1.54) is 0 Å². The first kappa shape index (κ1) is 10.2. The first-order valence-electron chi connectivity index (χ1n) is 4.52. The molecule has 0 saturated heterocycles. The lowest BCUT2D eigenvalue weighted by Crippen LogP contribution is -2.02. The minimum atomic E-state index is -0.365. The van der Waals surface area contributed by atoms with Gasteiger partial charge in [0.15, 0.2) is 16.3 Å². The van der Waals surface area contributed by atoms with Crippen molar-refractivity contribution < 1.29 is 8.62 Å². The summed E-state index contributed by atoms with van der Waals surface area (Å²) in [6.07, 6.45) is 1.97. The third-order valence-electron chi connectivity index (χ3n) is 2.58. The van der Waals surface area contributed by atoms with E-state index in [4.69, 9.17) is 0 Å². The summed E-state index contributed by atoms with van der Waals surface area (Å²) in [5.74, 6) is -0.365. The molecule has 0 aliphatic carbocycles. The van der Waals surface area contributed by atoms with Crippen LogP contribution in [0.15, 0.2) is 24.4 Å². The number of rotatable bonds is 1. The topological polar surface area (TPSA) is 31.2 Å². The van der Waals surface area contributed by atoms with Gasteiger partial charge < -0.3 is 8.40 Å². The van der Waals surface area contributed by atoms with Gasteiger partial charge in [-0.2, -0.15) is 0 Å². The van der Waals surface area contributed by atoms with Crippen molar-refractivity contribution in [1.82, 2.24) is 4.57 Å². The van der Waals surface area contributed by atoms with E-state index in [0.29, 0.717) is 5.56 Å². The van der Waals surface area contributed by atoms with Crippen molar-refractivity contribution in [3.63, 3.8) is 0 Å². The predicted molar refractivity (Wildman–Crippen MR) is 62.0 cm³/mol. The van der Waals surface area contributed by atoms with Crippen LogP contribution in [0.1, 0.15) is 15.9 Å². The van der Waals surface area contributed by atoms with Gasteiger partial charge in [0, 0.05) is 13.2 Å². The molecule has 0 aliphatic heterocycles. The van der Waals surface area contributed by atoms with Gasteiger partial charge in [0.2, 0.25) is 0 Å². The zero-order valence-electron chi connectivity index (χ0n) is 8.45. The lowest BCUT2D eigenvalue weighted by Gasteiger charge is -2.05. The SMILES string of the molecule is Cc1c(C(=O)OBr)ccc2ccn(C)c12. The lowest BCUT2D eigenvalue weighted by molar-refractivity contribution is 0.0781. The zero-order chi connectivity index (χ0) is 11.0. The Labute approximate surface area is 96.1 Å². The Kier molecular flexibility index (Phi) is 2.52. The molecule has 0 spiro atoms. The molecule has 78 valence electrons. The number of nitrogens with zero attached hydrogens (tertiary/aromatic N) is 1. The fourth-order valence-electron chi connectivity index (χ4n) is 1.85. The second-order valence-corrected chi connectivity index (χ2v) is 3.79. The third-order valence-corrected chi connectivity index (χ3v) is 2.88. The fourth-order valence-corrected chi connectivity index (χ4v) is 2.03. The Morgan fingerprint density at radius 1 is 1.40 bits per heavy atom. The highest BCUT2D eigenvalue weighted by atomic mass is 79.9. The van der Waals surface area contributed by atoms with Crippen molar-refractivity contribution in [2.75, 3.05) is 0 Å². The van der Waals surface area contributed by atoms with Gasteiger partial charge in [0.25, 0.3) is 0 Å². The molecular weight excluding hydrogens is 258 g/mol. The van der Waals surface area contributed by atoms with Crippen LogP contribution in [0.2, 0.25) is 0 Å². The van der Waals surface area contributed by atoms with Crippen LogP contribution in [0.5, 0.6) is 0 Å². The van der Waals surface area contributed by atoms with Crippen molar-refractivity contribution in [2.24, 2.45) is 7.05 Å². The number of halogens is 1. The van der Waals surface area contributed by atoms with E-state index in [9.17, 15) is 4.79 Å². The van der Waals surface area contributed by atoms with Crippen LogP contribution in [-0.2, 0) is 10.9 Å². The summed E-state index contributed by atoms with van der Waals surface area (Å²) in [7, 11) is 1.96. The Hall–Kier alpha value is -1.29. The van der Waals surface area contributed by atoms with Crippen molar-refractivity contribution in [1.29, 1.82) is 0 Å². The molecule has 0 amide bonds. The molecule has 1 aromatic heterocycles. The molecule has 0 unspecified atom stereocenters. The third kappa shape index (κ3) is 1.55. The predicted octanol–water partition coefficient (Wildman–Crippen LogP) is 2.95. The minimum Gasteiger partial charge on any atom is -0.380 e. The average Bonchev–Trinajstić information content (AvgIpc) is 2.61. The molecule has 0 radical (unpaired) electrons. The highest BCUT2D eigenvalue weighted by Crippen LogP contribution is 2.23. The molecule has 0 atom stereocenters. The molecule has 4 heteroatoms. The van der Waals surface area contributed by atoms with E-state index in [1.807, 2.05) is 36.9 Å². The number of carbonyl (C=O) groups is 1. The first-order chi connectivity index (χ1) is 7.15. The van der Waals surface area contributed by atoms with Gasteiger partial charge in [-0.3, -0.25) is 0 Å². The summed E-state index contributed by atoms with van der Waals surface area (Å²) in [5.41, 5.74) is 2.58. The smallest absolute Gasteiger partial charge is 0.349 e. The molecule has 2 aromatic rings. The van der Waals surface area contributed by atoms with E-state index in [2.05, 4.69) is 20.1 Å². The average molecular weight is 268 g/mol. The molecule has 0 aliphatic rings. The number of carbonyl (C=O) groups excluding carboxylic acids is 1. The first-order valence-corrected chi connectivity index (χ1v) is 5.17. The summed E-state index contributed by atoms with van der Waals surface area (Å²) in [4.78, 5) is 11.4. The second kappa shape index (κ2) is 3.70. The number of aromatic nitrogens is 1. The molecule has 2 rings (SSSR count). The van der Waals surface area contributed by atoms with Crippen molar-refractivity contribution in [3.05, 3.63) is 35.5 Å². The van der Waals surface area contributed by atoms with E-state index < -0.39 is 0 Å². The highest BCUT2D eigenvalue weighted by molar-refractivity contribution is 9.06. The standard InChI is InChI=1S/C11H10BrNO2/c1-7-9(11(14)15-12)4-3-8-5-6-13(2)10(7)8/h3-6H,1-2H3. The monoisotopic (exact) mass is 267 g/mol. The molecule has 0 fully saturated rings. The van der Waals surface area contributed by atoms with Crippen LogP contribution >= 0.6 is 16.3 Å². The number of hydrogen-bond donors (Lipinski definition) is 0. The number of fused-ring (bicyclic) bond motifs is 1. The van der Waals surface area contributed by atoms with Crippen LogP contribution in [-0.4, -0.2) is 10.5 Å². The number of hydrogen-bond acceptors (Lipinski definition) is 2. The van der Waals surface area contributed by atoms with Gasteiger partial charge in [0.05, 0.1) is 11.1 Å². The number of benzene rings is 1. The molecule has 3 nitrogen and oxygen atoms in total. The molecule has 1 aromatic carbocycles. The molecule has 0 bridgehead atoms. The highest BCUT2D eigenvalue weighted by Gasteiger charge is 2.13. The molecule has 0 N–H and O–H groups in total. The Morgan fingerprint density at radius 3 is 2.80 bits per heavy atom. The molecule has 0 saturated carbocycles. The van der Waals surface area contributed by atoms with E-state index >= 15 is 0 Å². The van der Waals surface area contributed by atoms with Gasteiger partial charge >= 0.3 is 5.97 Å². The van der Waals surface area contributed by atoms with Crippen molar-refractivity contribution in [3.8, 4) is 0 Å². The van der Waals surface area contributed by atoms with Crippen LogP contribution in [0.3, 0.4) is 0 Å². The molecule has 15 heavy (non-hydrogen) atoms. The maximum atomic E-state index is 11.4. The normalized spacial score (nSPS) is 10.6. The Balaban J connectivity index is 2.74. The maximum Gasteiger partial charge on any atom is 0.349 e. The van der Waals surface area contributed by atoms with Crippen LogP contribution in [0.25, 0.3) is 10.9 Å². The molecule has 1 heterocycles. The summed E-state index contributed by atoms with van der Waals surface area (Å²) in [5, 5.41) is 1.13. The van der Waals surface area contributed by atoms with Gasteiger partial charge in [-0.15, -0.1) is 0 Å². The van der Waals surface area contributed by atoms with Gasteiger partial charge in [-0.1, -0.05) is 6.07 Å². The van der Waals surface area contributed by atoms with E-state index in [0.717, 1.165) is 16.5 Å². The molecular formula is C11H10BrNO2. The van der Waals surface area contributed by atoms with Gasteiger partial charge in [-0.05, 0) is 30.0 Å². The van der Waals surface area contributed by atoms with Crippen molar-refractivity contribution in [2.45, 2.75) is 6.92 Å². The van der Waals surface area contributed by atoms with Crippen LogP contribution < -0.4 is 0 Å². The summed E-state index contributed by atoms with van der Waals surface area (Å²) in [6.45, 7) is 1.92. The Morgan fingerprint density at radius 2 is 2.13 bits per heavy atom. The summed E-state index contributed by atoms with van der Waals surface area (Å²) >= 11 is 2.70. The fraction of sp³-hybridized carbons (Fsp3) is 0.182. The summed E-state index contributed by atoms with van der Waals surface area (Å²) < 4.78 is 6.54. The van der Waals surface area contributed by atoms with Gasteiger partial charge in [0.1, 0.15) is 0 Å². The second-order valence-electron chi connectivity index (χ2n) is 3.47. The quantitative estimate of drug-likeness (QED) is 0.796. The maximum absolute atomic E-state index is 11.4. The summed E-state index contributed by atoms with van der Waals surface area (Å²) in [6, 6.07) is 5.72. The van der Waals surface area contributed by atoms with Crippen LogP contribution in [0, 0.1) is 6.92 Å². The Bertz CT molecular complexity index is 531. The van der Waals surface area contributed by atoms with Crippen molar-refractivity contribution >= 4 is 33.1 Å². The largest absolute Gasteiger partial charge is 0.380 e. The van der Waals surface area contributed by atoms with E-state index in [1.54, 1.807) is 6.07 Å². The van der Waals surface area contributed by atoms with E-state index in [-0.39, 0.29) is 5.97 Å².